The molecule has 2 amide bonds. The van der Waals surface area contributed by atoms with Crippen LogP contribution in [0.3, 0.4) is 0 Å². The average molecular weight is 366 g/mol. The minimum absolute atomic E-state index is 0.0785. The molecular formula is C18H26N2O6. The maximum atomic E-state index is 12.6. The second-order valence-electron chi connectivity index (χ2n) is 7.05. The summed E-state index contributed by atoms with van der Waals surface area (Å²) in [4.78, 5) is 37.0. The molecule has 2 atom stereocenters. The number of carboxylic acid groups (broad SMARTS) is 1. The van der Waals surface area contributed by atoms with Gasteiger partial charge in [0.25, 0.3) is 0 Å². The van der Waals surface area contributed by atoms with Crippen molar-refractivity contribution in [2.24, 2.45) is 0 Å². The van der Waals surface area contributed by atoms with Gasteiger partial charge in [0.1, 0.15) is 23.4 Å². The van der Waals surface area contributed by atoms with Crippen LogP contribution in [0.25, 0.3) is 0 Å². The summed E-state index contributed by atoms with van der Waals surface area (Å²) in [5.41, 5.74) is -0.0412. The number of nitrogens with zero attached hydrogens (tertiary/aromatic N) is 1. The number of aromatic hydroxyl groups is 1. The van der Waals surface area contributed by atoms with E-state index in [0.717, 1.165) is 4.90 Å². The second kappa shape index (κ2) is 8.55. The van der Waals surface area contributed by atoms with Gasteiger partial charge in [-0.2, -0.15) is 0 Å². The summed E-state index contributed by atoms with van der Waals surface area (Å²) in [6.07, 6.45) is -0.562. The van der Waals surface area contributed by atoms with Gasteiger partial charge in [-0.25, -0.2) is 4.79 Å². The largest absolute Gasteiger partial charge is 0.508 e. The Labute approximate surface area is 152 Å². The monoisotopic (exact) mass is 366 g/mol. The Morgan fingerprint density at radius 1 is 1.19 bits per heavy atom. The number of carboxylic acids is 1. The third-order valence-corrected chi connectivity index (χ3v) is 3.55. The van der Waals surface area contributed by atoms with Crippen LogP contribution in [0.15, 0.2) is 24.3 Å². The summed E-state index contributed by atoms with van der Waals surface area (Å²) >= 11 is 0. The lowest BCUT2D eigenvalue weighted by Gasteiger charge is -2.30. The third-order valence-electron chi connectivity index (χ3n) is 3.55. The van der Waals surface area contributed by atoms with Crippen molar-refractivity contribution in [3.8, 4) is 5.75 Å². The van der Waals surface area contributed by atoms with Gasteiger partial charge in [0, 0.05) is 13.5 Å². The highest BCUT2D eigenvalue weighted by atomic mass is 16.6. The summed E-state index contributed by atoms with van der Waals surface area (Å²) < 4.78 is 5.29. The van der Waals surface area contributed by atoms with Crippen molar-refractivity contribution < 1.29 is 29.3 Å². The van der Waals surface area contributed by atoms with Gasteiger partial charge in [-0.05, 0) is 45.4 Å². The van der Waals surface area contributed by atoms with Crippen LogP contribution < -0.4 is 5.32 Å². The number of hydrogen-bond donors (Lipinski definition) is 3. The normalized spacial score (nSPS) is 13.4. The standard InChI is InChI=1S/C18H26N2O6/c1-11(16(23)24)19-15(22)14(10-12-6-8-13(21)9-7-12)20(5)17(25)26-18(2,3)4/h6-9,11,14,21H,10H2,1-5H3,(H,19,22)(H,23,24)/t11-,14+/m1/s1. The molecule has 0 spiro atoms. The Bertz CT molecular complexity index is 651. The first-order valence-corrected chi connectivity index (χ1v) is 8.17. The molecule has 3 N–H and O–H groups in total. The molecule has 0 fully saturated rings. The number of ether oxygens (including phenoxy) is 1. The summed E-state index contributed by atoms with van der Waals surface area (Å²) in [7, 11) is 1.42. The number of likely N-dealkylation sites (N-methyl/N-ethyl adjacent to an activating group) is 1. The van der Waals surface area contributed by atoms with E-state index in [2.05, 4.69) is 5.32 Å². The van der Waals surface area contributed by atoms with Gasteiger partial charge in [0.15, 0.2) is 0 Å². The molecule has 8 nitrogen and oxygen atoms in total. The summed E-state index contributed by atoms with van der Waals surface area (Å²) in [5.74, 6) is -1.71. The Balaban J connectivity index is 3.03. The van der Waals surface area contributed by atoms with Gasteiger partial charge < -0.3 is 20.3 Å². The van der Waals surface area contributed by atoms with Gasteiger partial charge in [-0.1, -0.05) is 12.1 Å². The molecule has 1 aromatic carbocycles. The Kier molecular flexibility index (Phi) is 7.00. The number of hydrogen-bond acceptors (Lipinski definition) is 5. The first-order valence-electron chi connectivity index (χ1n) is 8.17. The number of carbonyl (C=O) groups is 3. The SMILES string of the molecule is C[C@@H](NC(=O)[C@H](Cc1ccc(O)cc1)N(C)C(=O)OC(C)(C)C)C(=O)O. The van der Waals surface area contributed by atoms with Gasteiger partial charge in [-0.3, -0.25) is 14.5 Å². The number of rotatable bonds is 6. The minimum Gasteiger partial charge on any atom is -0.508 e. The number of phenolic OH excluding ortho intramolecular Hbond substituents is 1. The highest BCUT2D eigenvalue weighted by molar-refractivity contribution is 5.89. The van der Waals surface area contributed by atoms with Crippen LogP contribution >= 0.6 is 0 Å². The molecule has 144 valence electrons. The zero-order chi connectivity index (χ0) is 20.1. The predicted molar refractivity (Wildman–Crippen MR) is 94.8 cm³/mol. The molecule has 0 saturated carbocycles. The molecule has 8 heteroatoms. The van der Waals surface area contributed by atoms with E-state index in [-0.39, 0.29) is 12.2 Å². The van der Waals surface area contributed by atoms with Gasteiger partial charge in [-0.15, -0.1) is 0 Å². The van der Waals surface area contributed by atoms with Crippen molar-refractivity contribution in [1.29, 1.82) is 0 Å². The molecule has 1 rings (SSSR count). The Hall–Kier alpha value is -2.77. The topological polar surface area (TPSA) is 116 Å². The Morgan fingerprint density at radius 3 is 2.19 bits per heavy atom. The number of phenols is 1. The van der Waals surface area contributed by atoms with Gasteiger partial charge in [0.2, 0.25) is 5.91 Å². The van der Waals surface area contributed by atoms with Crippen molar-refractivity contribution in [2.45, 2.75) is 51.8 Å². The van der Waals surface area contributed by atoms with E-state index in [1.807, 2.05) is 0 Å². The summed E-state index contributed by atoms with van der Waals surface area (Å²) in [6, 6.07) is 4.11. The molecular weight excluding hydrogens is 340 g/mol. The van der Waals surface area contributed by atoms with E-state index in [1.54, 1.807) is 32.9 Å². The van der Waals surface area contributed by atoms with E-state index in [0.29, 0.717) is 5.56 Å². The molecule has 0 aliphatic rings. The van der Waals surface area contributed by atoms with E-state index < -0.39 is 35.7 Å². The fourth-order valence-corrected chi connectivity index (χ4v) is 2.09. The Morgan fingerprint density at radius 2 is 1.73 bits per heavy atom. The zero-order valence-corrected chi connectivity index (χ0v) is 15.6. The molecule has 0 unspecified atom stereocenters. The smallest absolute Gasteiger partial charge is 0.410 e. The van der Waals surface area contributed by atoms with Crippen molar-refractivity contribution in [1.82, 2.24) is 10.2 Å². The van der Waals surface area contributed by atoms with E-state index in [1.165, 1.54) is 26.1 Å². The number of amides is 2. The first kappa shape index (κ1) is 21.3. The number of aliphatic carboxylic acids is 1. The minimum atomic E-state index is -1.18. The lowest BCUT2D eigenvalue weighted by molar-refractivity contribution is -0.142. The molecule has 0 aliphatic heterocycles. The lowest BCUT2D eigenvalue weighted by atomic mass is 10.0. The second-order valence-corrected chi connectivity index (χ2v) is 7.05. The highest BCUT2D eigenvalue weighted by Crippen LogP contribution is 2.16. The van der Waals surface area contributed by atoms with Crippen LogP contribution in [-0.4, -0.2) is 57.8 Å². The van der Waals surface area contributed by atoms with E-state index in [4.69, 9.17) is 9.84 Å². The van der Waals surface area contributed by atoms with E-state index >= 15 is 0 Å². The molecule has 0 heterocycles. The highest BCUT2D eigenvalue weighted by Gasteiger charge is 2.31. The fourth-order valence-electron chi connectivity index (χ4n) is 2.09. The molecule has 0 aliphatic carbocycles. The van der Waals surface area contributed by atoms with Crippen molar-refractivity contribution in [3.05, 3.63) is 29.8 Å². The van der Waals surface area contributed by atoms with Crippen LogP contribution in [0.2, 0.25) is 0 Å². The maximum absolute atomic E-state index is 12.6. The summed E-state index contributed by atoms with van der Waals surface area (Å²) in [5, 5.41) is 20.7. The van der Waals surface area contributed by atoms with Crippen molar-refractivity contribution >= 4 is 18.0 Å². The van der Waals surface area contributed by atoms with Crippen molar-refractivity contribution in [2.75, 3.05) is 7.05 Å². The molecule has 0 aromatic heterocycles. The quantitative estimate of drug-likeness (QED) is 0.706. The number of benzene rings is 1. The van der Waals surface area contributed by atoms with Crippen molar-refractivity contribution in [3.63, 3.8) is 0 Å². The predicted octanol–water partition coefficient (Wildman–Crippen LogP) is 1.76. The molecule has 0 bridgehead atoms. The van der Waals surface area contributed by atoms with Gasteiger partial charge >= 0.3 is 12.1 Å². The van der Waals surface area contributed by atoms with Crippen LogP contribution in [-0.2, 0) is 20.7 Å². The summed E-state index contributed by atoms with van der Waals surface area (Å²) in [6.45, 7) is 6.46. The third kappa shape index (κ3) is 6.62. The molecule has 1 aromatic rings. The zero-order valence-electron chi connectivity index (χ0n) is 15.6. The van der Waals surface area contributed by atoms with Crippen LogP contribution in [0.5, 0.6) is 5.75 Å². The molecule has 0 saturated heterocycles. The molecule has 0 radical (unpaired) electrons. The molecule has 26 heavy (non-hydrogen) atoms. The maximum Gasteiger partial charge on any atom is 0.410 e. The van der Waals surface area contributed by atoms with E-state index in [9.17, 15) is 19.5 Å². The number of carbonyl (C=O) groups excluding carboxylic acids is 2. The lowest BCUT2D eigenvalue weighted by Crippen LogP contribution is -2.53. The fraction of sp³-hybridized carbons (Fsp3) is 0.500. The average Bonchev–Trinajstić information content (AvgIpc) is 2.51. The number of nitrogens with one attached hydrogen (secondary N) is 1. The van der Waals surface area contributed by atoms with Crippen LogP contribution in [0.1, 0.15) is 33.3 Å². The first-order chi connectivity index (χ1) is 11.9. The van der Waals surface area contributed by atoms with Crippen LogP contribution in [0.4, 0.5) is 4.79 Å². The van der Waals surface area contributed by atoms with Crippen LogP contribution in [0, 0.1) is 0 Å². The van der Waals surface area contributed by atoms with Gasteiger partial charge in [0.05, 0.1) is 0 Å².